The van der Waals surface area contributed by atoms with Crippen molar-refractivity contribution in [3.05, 3.63) is 24.0 Å². The topological polar surface area (TPSA) is 69.6 Å². The molecule has 0 bridgehead atoms. The number of anilines is 1. The van der Waals surface area contributed by atoms with E-state index in [-0.39, 0.29) is 0 Å². The molecule has 1 atom stereocenters. The summed E-state index contributed by atoms with van der Waals surface area (Å²) in [6, 6.07) is 2.79. The molecule has 1 rings (SSSR count). The number of phenolic OH excluding ortho intramolecular Hbond substituents is 1. The Morgan fingerprint density at radius 3 is 2.71 bits per heavy atom. The lowest BCUT2D eigenvalue weighted by atomic mass is 10.2. The van der Waals surface area contributed by atoms with Crippen LogP contribution in [0, 0.1) is 5.82 Å². The fourth-order valence-electron chi connectivity index (χ4n) is 0.908. The molecule has 3 N–H and O–H groups in total. The van der Waals surface area contributed by atoms with E-state index in [4.69, 9.17) is 10.2 Å². The normalized spacial score (nSPS) is 12.1. The van der Waals surface area contributed by atoms with Crippen molar-refractivity contribution in [1.29, 1.82) is 0 Å². The van der Waals surface area contributed by atoms with Crippen molar-refractivity contribution in [3.8, 4) is 5.75 Å². The Balaban J connectivity index is 2.78. The largest absolute Gasteiger partial charge is 0.505 e. The van der Waals surface area contributed by atoms with Crippen molar-refractivity contribution in [2.75, 3.05) is 5.32 Å². The zero-order valence-electron chi connectivity index (χ0n) is 7.49. The summed E-state index contributed by atoms with van der Waals surface area (Å²) in [5.41, 5.74) is 0.315. The lowest BCUT2D eigenvalue weighted by molar-refractivity contribution is -0.137. The molecule has 0 amide bonds. The van der Waals surface area contributed by atoms with E-state index < -0.39 is 23.6 Å². The van der Waals surface area contributed by atoms with Gasteiger partial charge in [0.2, 0.25) is 0 Å². The third-order valence-corrected chi connectivity index (χ3v) is 1.70. The first-order valence-corrected chi connectivity index (χ1v) is 3.98. The second kappa shape index (κ2) is 3.95. The van der Waals surface area contributed by atoms with Crippen LogP contribution in [0.25, 0.3) is 0 Å². The van der Waals surface area contributed by atoms with Crippen LogP contribution in [-0.4, -0.2) is 22.2 Å². The summed E-state index contributed by atoms with van der Waals surface area (Å²) in [6.07, 6.45) is 0. The van der Waals surface area contributed by atoms with Crippen LogP contribution in [0.2, 0.25) is 0 Å². The molecule has 4 nitrogen and oxygen atoms in total. The first-order valence-electron chi connectivity index (χ1n) is 3.98. The maximum Gasteiger partial charge on any atom is 0.325 e. The minimum atomic E-state index is -1.03. The molecule has 0 aromatic heterocycles. The Morgan fingerprint density at radius 2 is 2.21 bits per heavy atom. The SMILES string of the molecule is CC(Nc1ccc(O)c(F)c1)C(=O)O. The van der Waals surface area contributed by atoms with Gasteiger partial charge in [0.15, 0.2) is 11.6 Å². The number of carbonyl (C=O) groups is 1. The highest BCUT2D eigenvalue weighted by molar-refractivity contribution is 5.76. The van der Waals surface area contributed by atoms with E-state index in [1.807, 2.05) is 0 Å². The van der Waals surface area contributed by atoms with Gasteiger partial charge in [-0.25, -0.2) is 4.39 Å². The minimum Gasteiger partial charge on any atom is -0.505 e. The van der Waals surface area contributed by atoms with E-state index in [2.05, 4.69) is 5.32 Å². The van der Waals surface area contributed by atoms with Gasteiger partial charge < -0.3 is 15.5 Å². The lowest BCUT2D eigenvalue weighted by Crippen LogP contribution is -2.25. The van der Waals surface area contributed by atoms with Crippen LogP contribution in [0.15, 0.2) is 18.2 Å². The van der Waals surface area contributed by atoms with Gasteiger partial charge in [-0.1, -0.05) is 0 Å². The van der Waals surface area contributed by atoms with Gasteiger partial charge in [-0.2, -0.15) is 0 Å². The molecule has 0 fully saturated rings. The predicted octanol–water partition coefficient (Wildman–Crippen LogP) is 1.42. The second-order valence-corrected chi connectivity index (χ2v) is 2.87. The Bertz CT molecular complexity index is 354. The highest BCUT2D eigenvalue weighted by atomic mass is 19.1. The minimum absolute atomic E-state index is 0.315. The molecule has 1 aromatic carbocycles. The third-order valence-electron chi connectivity index (χ3n) is 1.70. The first kappa shape index (κ1) is 10.3. The van der Waals surface area contributed by atoms with Crippen molar-refractivity contribution >= 4 is 11.7 Å². The predicted molar refractivity (Wildman–Crippen MR) is 48.8 cm³/mol. The van der Waals surface area contributed by atoms with Gasteiger partial charge >= 0.3 is 5.97 Å². The van der Waals surface area contributed by atoms with E-state index in [1.54, 1.807) is 0 Å². The Morgan fingerprint density at radius 1 is 1.57 bits per heavy atom. The van der Waals surface area contributed by atoms with E-state index in [9.17, 15) is 9.18 Å². The summed E-state index contributed by atoms with van der Waals surface area (Å²) in [7, 11) is 0. The Hall–Kier alpha value is -1.78. The van der Waals surface area contributed by atoms with E-state index in [0.29, 0.717) is 5.69 Å². The summed E-state index contributed by atoms with van der Waals surface area (Å²) in [5, 5.41) is 20.0. The number of rotatable bonds is 3. The number of aliphatic carboxylic acids is 1. The third kappa shape index (κ3) is 2.35. The lowest BCUT2D eigenvalue weighted by Gasteiger charge is -2.10. The molecule has 1 aromatic rings. The zero-order chi connectivity index (χ0) is 10.7. The van der Waals surface area contributed by atoms with Gasteiger partial charge in [-0.15, -0.1) is 0 Å². The first-order chi connectivity index (χ1) is 6.50. The van der Waals surface area contributed by atoms with E-state index in [1.165, 1.54) is 13.0 Å². The molecule has 0 saturated carbocycles. The number of carboxylic acids is 1. The molecular weight excluding hydrogens is 189 g/mol. The fourth-order valence-corrected chi connectivity index (χ4v) is 0.908. The van der Waals surface area contributed by atoms with Crippen LogP contribution in [-0.2, 0) is 4.79 Å². The van der Waals surface area contributed by atoms with E-state index in [0.717, 1.165) is 12.1 Å². The molecule has 0 radical (unpaired) electrons. The number of nitrogens with one attached hydrogen (secondary N) is 1. The van der Waals surface area contributed by atoms with Crippen molar-refractivity contribution in [3.63, 3.8) is 0 Å². The summed E-state index contributed by atoms with van der Waals surface area (Å²) in [5.74, 6) is -2.27. The molecule has 0 aliphatic rings. The van der Waals surface area contributed by atoms with Gasteiger partial charge in [0.05, 0.1) is 0 Å². The van der Waals surface area contributed by atoms with Crippen LogP contribution >= 0.6 is 0 Å². The number of hydrogen-bond acceptors (Lipinski definition) is 3. The molecule has 0 saturated heterocycles. The summed E-state index contributed by atoms with van der Waals surface area (Å²) in [4.78, 5) is 10.4. The molecule has 0 aliphatic carbocycles. The number of halogens is 1. The van der Waals surface area contributed by atoms with Gasteiger partial charge in [-0.05, 0) is 19.1 Å². The molecule has 5 heteroatoms. The van der Waals surface area contributed by atoms with Crippen LogP contribution in [0.4, 0.5) is 10.1 Å². The van der Waals surface area contributed by atoms with E-state index >= 15 is 0 Å². The highest BCUT2D eigenvalue weighted by Gasteiger charge is 2.10. The number of aromatic hydroxyl groups is 1. The second-order valence-electron chi connectivity index (χ2n) is 2.87. The average molecular weight is 199 g/mol. The van der Waals surface area contributed by atoms with Gasteiger partial charge in [0.25, 0.3) is 0 Å². The molecule has 76 valence electrons. The van der Waals surface area contributed by atoms with Gasteiger partial charge in [-0.3, -0.25) is 4.79 Å². The number of benzene rings is 1. The quantitative estimate of drug-likeness (QED) is 0.644. The van der Waals surface area contributed by atoms with Crippen molar-refractivity contribution < 1.29 is 19.4 Å². The maximum atomic E-state index is 12.8. The zero-order valence-corrected chi connectivity index (χ0v) is 7.49. The van der Waals surface area contributed by atoms with Crippen LogP contribution in [0.5, 0.6) is 5.75 Å². The van der Waals surface area contributed by atoms with Crippen molar-refractivity contribution in [2.45, 2.75) is 13.0 Å². The number of carboxylic acid groups (broad SMARTS) is 1. The maximum absolute atomic E-state index is 12.8. The van der Waals surface area contributed by atoms with Crippen LogP contribution < -0.4 is 5.32 Å². The number of phenols is 1. The summed E-state index contributed by atoms with van der Waals surface area (Å²) in [6.45, 7) is 1.44. The number of hydrogen-bond donors (Lipinski definition) is 3. The Kier molecular flexibility index (Phi) is 2.91. The molecule has 0 spiro atoms. The van der Waals surface area contributed by atoms with Crippen LogP contribution in [0.1, 0.15) is 6.92 Å². The average Bonchev–Trinajstić information content (AvgIpc) is 2.11. The Labute approximate surface area is 80.0 Å². The van der Waals surface area contributed by atoms with Crippen LogP contribution in [0.3, 0.4) is 0 Å². The van der Waals surface area contributed by atoms with Crippen molar-refractivity contribution in [1.82, 2.24) is 0 Å². The molecule has 14 heavy (non-hydrogen) atoms. The fraction of sp³-hybridized carbons (Fsp3) is 0.222. The highest BCUT2D eigenvalue weighted by Crippen LogP contribution is 2.19. The van der Waals surface area contributed by atoms with Crippen molar-refractivity contribution in [2.24, 2.45) is 0 Å². The standard InChI is InChI=1S/C9H10FNO3/c1-5(9(13)14)11-6-2-3-8(12)7(10)4-6/h2-5,11-12H,1H3,(H,13,14). The molecule has 1 unspecified atom stereocenters. The molecule has 0 heterocycles. The van der Waals surface area contributed by atoms with Gasteiger partial charge in [0, 0.05) is 11.8 Å². The molecular formula is C9H10FNO3. The summed E-state index contributed by atoms with van der Waals surface area (Å²) < 4.78 is 12.8. The monoisotopic (exact) mass is 199 g/mol. The van der Waals surface area contributed by atoms with Gasteiger partial charge in [0.1, 0.15) is 6.04 Å². The molecule has 0 aliphatic heterocycles. The summed E-state index contributed by atoms with van der Waals surface area (Å²) >= 11 is 0. The smallest absolute Gasteiger partial charge is 0.325 e.